The van der Waals surface area contributed by atoms with Crippen LogP contribution in [0, 0.1) is 0 Å². The molecular formula is C20H25O7P. The van der Waals surface area contributed by atoms with Crippen molar-refractivity contribution in [2.45, 2.75) is 43.0 Å². The van der Waals surface area contributed by atoms with E-state index in [0.29, 0.717) is 0 Å². The number of benzene rings is 2. The molecule has 0 saturated carbocycles. The molecule has 0 aromatic heterocycles. The highest BCUT2D eigenvalue weighted by atomic mass is 31.2. The van der Waals surface area contributed by atoms with Crippen LogP contribution in [0.3, 0.4) is 0 Å². The second kappa shape index (κ2) is 9.29. The molecule has 0 radical (unpaired) electrons. The van der Waals surface area contributed by atoms with Gasteiger partial charge >= 0.3 is 0 Å². The van der Waals surface area contributed by atoms with Crippen molar-refractivity contribution < 1.29 is 34.3 Å². The van der Waals surface area contributed by atoms with Crippen molar-refractivity contribution in [2.75, 3.05) is 6.61 Å². The zero-order valence-electron chi connectivity index (χ0n) is 15.2. The smallest absolute Gasteiger partial charge is 0.211 e. The van der Waals surface area contributed by atoms with Gasteiger partial charge in [-0.3, -0.25) is 4.57 Å². The molecule has 2 aromatic carbocycles. The second-order valence-electron chi connectivity index (χ2n) is 6.93. The predicted octanol–water partition coefficient (Wildman–Crippen LogP) is 1.48. The Morgan fingerprint density at radius 3 is 1.79 bits per heavy atom. The average molecular weight is 408 g/mol. The highest BCUT2D eigenvalue weighted by Crippen LogP contribution is 2.53. The van der Waals surface area contributed by atoms with E-state index in [1.165, 1.54) is 0 Å². The zero-order chi connectivity index (χ0) is 20.1. The molecule has 0 bridgehead atoms. The number of hydrogen-bond donors (Lipinski definition) is 4. The molecule has 152 valence electrons. The first-order chi connectivity index (χ1) is 13.4. The van der Waals surface area contributed by atoms with Crippen molar-refractivity contribution in [3.05, 3.63) is 71.8 Å². The molecule has 0 aliphatic carbocycles. The van der Waals surface area contributed by atoms with Crippen LogP contribution in [0.4, 0.5) is 0 Å². The highest BCUT2D eigenvalue weighted by Gasteiger charge is 2.43. The molecule has 1 aliphatic rings. The average Bonchev–Trinajstić information content (AvgIpc) is 2.69. The van der Waals surface area contributed by atoms with E-state index in [9.17, 15) is 25.0 Å². The largest absolute Gasteiger partial charge is 0.387 e. The van der Waals surface area contributed by atoms with Crippen molar-refractivity contribution in [1.29, 1.82) is 0 Å². The minimum atomic E-state index is -3.23. The van der Waals surface area contributed by atoms with Crippen LogP contribution in [-0.2, 0) is 26.1 Å². The van der Waals surface area contributed by atoms with Gasteiger partial charge in [0.05, 0.1) is 18.9 Å². The van der Waals surface area contributed by atoms with Crippen LogP contribution < -0.4 is 0 Å². The van der Waals surface area contributed by atoms with E-state index in [4.69, 9.17) is 9.26 Å². The van der Waals surface area contributed by atoms with Gasteiger partial charge in [-0.2, -0.15) is 0 Å². The van der Waals surface area contributed by atoms with Crippen molar-refractivity contribution in [3.8, 4) is 0 Å². The molecule has 28 heavy (non-hydrogen) atoms. The number of aliphatic hydroxyl groups excluding tert-OH is 4. The van der Waals surface area contributed by atoms with Gasteiger partial charge < -0.3 is 29.7 Å². The fraction of sp³-hybridized carbons (Fsp3) is 0.400. The molecule has 8 heteroatoms. The van der Waals surface area contributed by atoms with Crippen LogP contribution in [0.15, 0.2) is 60.7 Å². The summed E-state index contributed by atoms with van der Waals surface area (Å²) < 4.78 is 24.5. The van der Waals surface area contributed by atoms with E-state index in [-0.39, 0.29) is 18.9 Å². The summed E-state index contributed by atoms with van der Waals surface area (Å²) in [5, 5.41) is 39.1. The highest BCUT2D eigenvalue weighted by molar-refractivity contribution is 7.57. The molecule has 1 heterocycles. The summed E-state index contributed by atoms with van der Waals surface area (Å²) >= 11 is 0. The molecule has 0 spiro atoms. The van der Waals surface area contributed by atoms with Crippen LogP contribution in [-0.4, -0.2) is 57.7 Å². The quantitative estimate of drug-likeness (QED) is 0.513. The number of ether oxygens (including phenoxy) is 1. The van der Waals surface area contributed by atoms with Gasteiger partial charge in [0.25, 0.3) is 0 Å². The fourth-order valence-electron chi connectivity index (χ4n) is 3.15. The Balaban J connectivity index is 1.74. The fourth-order valence-corrected chi connectivity index (χ4v) is 5.40. The summed E-state index contributed by atoms with van der Waals surface area (Å²) in [5.74, 6) is 0. The maximum Gasteiger partial charge on any atom is 0.211 e. The molecule has 1 aliphatic heterocycles. The third-order valence-electron chi connectivity index (χ3n) is 4.69. The SMILES string of the molecule is O=P(Cc1ccccc1)(Cc1ccccc1)OC[C@H]1O[C@H](O)[C@@H](O)[C@@H](O)[C@@H]1O. The minimum Gasteiger partial charge on any atom is -0.387 e. The molecule has 1 fully saturated rings. The van der Waals surface area contributed by atoms with Gasteiger partial charge in [0.15, 0.2) is 6.29 Å². The third kappa shape index (κ3) is 5.27. The molecule has 5 atom stereocenters. The Kier molecular flexibility index (Phi) is 7.01. The molecule has 0 unspecified atom stereocenters. The van der Waals surface area contributed by atoms with Gasteiger partial charge in [-0.15, -0.1) is 0 Å². The number of rotatable bonds is 7. The standard InChI is InChI=1S/C20H25O7P/c21-17-16(27-20(24)19(23)18(17)22)11-26-28(25,12-14-7-3-1-4-8-14)13-15-9-5-2-6-10-15/h1-10,16-24H,11-13H2/t16-,17-,18+,19+,20+/m1/s1. The minimum absolute atomic E-state index is 0.194. The molecule has 1 saturated heterocycles. The number of hydrogen-bond acceptors (Lipinski definition) is 7. The second-order valence-corrected chi connectivity index (χ2v) is 9.45. The van der Waals surface area contributed by atoms with Gasteiger partial charge in [-0.1, -0.05) is 60.7 Å². The van der Waals surface area contributed by atoms with Crippen LogP contribution in [0.5, 0.6) is 0 Å². The van der Waals surface area contributed by atoms with Gasteiger partial charge in [-0.05, 0) is 11.1 Å². The summed E-state index contributed by atoms with van der Waals surface area (Å²) in [4.78, 5) is 0. The van der Waals surface area contributed by atoms with Gasteiger partial charge in [0.1, 0.15) is 24.4 Å². The van der Waals surface area contributed by atoms with E-state index in [2.05, 4.69) is 0 Å². The van der Waals surface area contributed by atoms with E-state index in [0.717, 1.165) is 11.1 Å². The zero-order valence-corrected chi connectivity index (χ0v) is 16.1. The van der Waals surface area contributed by atoms with Crippen molar-refractivity contribution >= 4 is 7.37 Å². The van der Waals surface area contributed by atoms with E-state index in [1.54, 1.807) is 0 Å². The first-order valence-corrected chi connectivity index (χ1v) is 11.1. The molecular weight excluding hydrogens is 383 g/mol. The normalized spacial score (nSPS) is 28.2. The van der Waals surface area contributed by atoms with Crippen LogP contribution in [0.1, 0.15) is 11.1 Å². The predicted molar refractivity (Wildman–Crippen MR) is 103 cm³/mol. The van der Waals surface area contributed by atoms with Crippen molar-refractivity contribution in [1.82, 2.24) is 0 Å². The van der Waals surface area contributed by atoms with Crippen LogP contribution in [0.25, 0.3) is 0 Å². The molecule has 4 N–H and O–H groups in total. The Labute approximate surface area is 163 Å². The lowest BCUT2D eigenvalue weighted by Crippen LogP contribution is -2.58. The monoisotopic (exact) mass is 408 g/mol. The van der Waals surface area contributed by atoms with Gasteiger partial charge in [0, 0.05) is 0 Å². The Morgan fingerprint density at radius 1 is 0.786 bits per heavy atom. The summed E-state index contributed by atoms with van der Waals surface area (Å²) in [6.07, 6.45) is -7.06. The van der Waals surface area contributed by atoms with Crippen molar-refractivity contribution in [3.63, 3.8) is 0 Å². The topological polar surface area (TPSA) is 116 Å². The summed E-state index contributed by atoms with van der Waals surface area (Å²) in [5.41, 5.74) is 1.70. The van der Waals surface area contributed by atoms with Crippen molar-refractivity contribution in [2.24, 2.45) is 0 Å². The third-order valence-corrected chi connectivity index (χ3v) is 7.01. The molecule has 2 aromatic rings. The Bertz CT molecular complexity index is 740. The first-order valence-electron chi connectivity index (χ1n) is 9.06. The first kappa shape index (κ1) is 21.1. The van der Waals surface area contributed by atoms with E-state index < -0.39 is 38.1 Å². The number of aliphatic hydroxyl groups is 4. The molecule has 0 amide bonds. The Hall–Kier alpha value is -1.57. The maximum absolute atomic E-state index is 13.6. The summed E-state index contributed by atoms with van der Waals surface area (Å²) in [7, 11) is -3.23. The van der Waals surface area contributed by atoms with Crippen LogP contribution >= 0.6 is 7.37 Å². The van der Waals surface area contributed by atoms with E-state index in [1.807, 2.05) is 60.7 Å². The summed E-state index contributed by atoms with van der Waals surface area (Å²) in [6.45, 7) is -0.293. The van der Waals surface area contributed by atoms with Gasteiger partial charge in [0.2, 0.25) is 7.37 Å². The van der Waals surface area contributed by atoms with E-state index >= 15 is 0 Å². The molecule has 7 nitrogen and oxygen atoms in total. The van der Waals surface area contributed by atoms with Gasteiger partial charge in [-0.25, -0.2) is 0 Å². The lowest BCUT2D eigenvalue weighted by Gasteiger charge is -2.38. The lowest BCUT2D eigenvalue weighted by molar-refractivity contribution is -0.285. The van der Waals surface area contributed by atoms with Crippen LogP contribution in [0.2, 0.25) is 0 Å². The Morgan fingerprint density at radius 2 is 1.29 bits per heavy atom. The maximum atomic E-state index is 13.6. The lowest BCUT2D eigenvalue weighted by atomic mass is 10.00. The summed E-state index contributed by atoms with van der Waals surface area (Å²) in [6, 6.07) is 18.6. The molecule has 3 rings (SSSR count).